The van der Waals surface area contributed by atoms with Crippen molar-refractivity contribution < 1.29 is 17.9 Å². The van der Waals surface area contributed by atoms with Gasteiger partial charge < -0.3 is 15.0 Å². The lowest BCUT2D eigenvalue weighted by molar-refractivity contribution is -0.142. The van der Waals surface area contributed by atoms with Crippen LogP contribution in [0.5, 0.6) is 0 Å². The number of halogens is 4. The van der Waals surface area contributed by atoms with Crippen LogP contribution in [0.3, 0.4) is 0 Å². The summed E-state index contributed by atoms with van der Waals surface area (Å²) in [6.45, 7) is 5.00. The van der Waals surface area contributed by atoms with Crippen LogP contribution in [0, 0.1) is 5.92 Å². The van der Waals surface area contributed by atoms with Crippen molar-refractivity contribution in [2.45, 2.75) is 32.4 Å². The van der Waals surface area contributed by atoms with E-state index in [4.69, 9.17) is 4.74 Å². The minimum Gasteiger partial charge on any atom is -0.381 e. The number of ether oxygens (including phenoxy) is 1. The van der Waals surface area contributed by atoms with E-state index in [0.717, 1.165) is 51.5 Å². The SMILES string of the molecule is CCNC(=NCCN(C)CC(F)(F)F)N(C)CCC1CCOCC1.I. The first-order chi connectivity index (χ1) is 11.3. The van der Waals surface area contributed by atoms with Gasteiger partial charge in [-0.05, 0) is 39.2 Å². The van der Waals surface area contributed by atoms with Gasteiger partial charge in [0.05, 0.1) is 13.1 Å². The summed E-state index contributed by atoms with van der Waals surface area (Å²) in [5, 5.41) is 3.20. The largest absolute Gasteiger partial charge is 0.401 e. The van der Waals surface area contributed by atoms with Crippen molar-refractivity contribution in [3.05, 3.63) is 0 Å². The highest BCUT2D eigenvalue weighted by Crippen LogP contribution is 2.18. The molecule has 1 rings (SSSR count). The van der Waals surface area contributed by atoms with Gasteiger partial charge in [0.15, 0.2) is 5.96 Å². The van der Waals surface area contributed by atoms with E-state index in [2.05, 4.69) is 15.2 Å². The zero-order valence-electron chi connectivity index (χ0n) is 15.4. The van der Waals surface area contributed by atoms with Crippen LogP contribution in [-0.2, 0) is 4.74 Å². The van der Waals surface area contributed by atoms with Crippen LogP contribution in [0.25, 0.3) is 0 Å². The molecule has 150 valence electrons. The number of guanidine groups is 1. The van der Waals surface area contributed by atoms with Gasteiger partial charge in [0.1, 0.15) is 0 Å². The summed E-state index contributed by atoms with van der Waals surface area (Å²) in [5.74, 6) is 1.44. The van der Waals surface area contributed by atoms with Crippen LogP contribution in [0.2, 0.25) is 0 Å². The van der Waals surface area contributed by atoms with E-state index in [0.29, 0.717) is 12.5 Å². The quantitative estimate of drug-likeness (QED) is 0.330. The van der Waals surface area contributed by atoms with Gasteiger partial charge in [-0.2, -0.15) is 13.2 Å². The fraction of sp³-hybridized carbons (Fsp3) is 0.938. The number of alkyl halides is 3. The van der Waals surface area contributed by atoms with E-state index >= 15 is 0 Å². The van der Waals surface area contributed by atoms with Crippen molar-refractivity contribution in [2.75, 3.05) is 60.0 Å². The molecule has 0 aromatic carbocycles. The lowest BCUT2D eigenvalue weighted by atomic mass is 9.96. The maximum Gasteiger partial charge on any atom is 0.401 e. The highest BCUT2D eigenvalue weighted by molar-refractivity contribution is 14.0. The topological polar surface area (TPSA) is 40.1 Å². The minimum atomic E-state index is -4.16. The van der Waals surface area contributed by atoms with Gasteiger partial charge in [-0.15, -0.1) is 24.0 Å². The predicted octanol–water partition coefficient (Wildman–Crippen LogP) is 2.81. The molecule has 1 aliphatic rings. The molecular weight excluding hydrogens is 448 g/mol. The van der Waals surface area contributed by atoms with Crippen LogP contribution in [-0.4, -0.2) is 82.0 Å². The number of nitrogens with zero attached hydrogens (tertiary/aromatic N) is 3. The monoisotopic (exact) mass is 480 g/mol. The van der Waals surface area contributed by atoms with Gasteiger partial charge in [-0.3, -0.25) is 9.89 Å². The zero-order chi connectivity index (χ0) is 18.0. The molecule has 0 bridgehead atoms. The molecule has 1 aliphatic heterocycles. The predicted molar refractivity (Wildman–Crippen MR) is 106 cm³/mol. The van der Waals surface area contributed by atoms with Gasteiger partial charge in [0.2, 0.25) is 0 Å². The van der Waals surface area contributed by atoms with Crippen LogP contribution in [0.1, 0.15) is 26.2 Å². The molecule has 0 atom stereocenters. The number of rotatable bonds is 8. The molecule has 1 saturated heterocycles. The third kappa shape index (κ3) is 11.8. The molecule has 1 heterocycles. The fourth-order valence-corrected chi connectivity index (χ4v) is 2.70. The Kier molecular flexibility index (Phi) is 12.8. The molecule has 0 aromatic rings. The molecule has 9 heteroatoms. The van der Waals surface area contributed by atoms with Crippen LogP contribution < -0.4 is 5.32 Å². The molecule has 1 N–H and O–H groups in total. The number of likely N-dealkylation sites (N-methyl/N-ethyl adjacent to an activating group) is 1. The molecule has 0 aromatic heterocycles. The van der Waals surface area contributed by atoms with E-state index in [1.54, 1.807) is 0 Å². The molecule has 0 spiro atoms. The van der Waals surface area contributed by atoms with Gasteiger partial charge in [-0.25, -0.2) is 0 Å². The summed E-state index contributed by atoms with van der Waals surface area (Å²) in [5.41, 5.74) is 0. The summed E-state index contributed by atoms with van der Waals surface area (Å²) in [6.07, 6.45) is -0.880. The smallest absolute Gasteiger partial charge is 0.381 e. The van der Waals surface area contributed by atoms with Crippen LogP contribution >= 0.6 is 24.0 Å². The maximum atomic E-state index is 12.3. The molecule has 0 aliphatic carbocycles. The number of hydrogen-bond donors (Lipinski definition) is 1. The molecule has 0 saturated carbocycles. The van der Waals surface area contributed by atoms with Crippen molar-refractivity contribution in [3.8, 4) is 0 Å². The summed E-state index contributed by atoms with van der Waals surface area (Å²) < 4.78 is 42.3. The summed E-state index contributed by atoms with van der Waals surface area (Å²) in [4.78, 5) is 7.75. The molecule has 25 heavy (non-hydrogen) atoms. The Morgan fingerprint density at radius 3 is 2.40 bits per heavy atom. The van der Waals surface area contributed by atoms with E-state index in [1.807, 2.05) is 14.0 Å². The van der Waals surface area contributed by atoms with Gasteiger partial charge >= 0.3 is 6.18 Å². The van der Waals surface area contributed by atoms with Crippen molar-refractivity contribution in [3.63, 3.8) is 0 Å². The number of hydrogen-bond acceptors (Lipinski definition) is 3. The first kappa shape index (κ1) is 24.7. The molecule has 0 radical (unpaired) electrons. The second-order valence-electron chi connectivity index (χ2n) is 6.35. The third-order valence-corrected chi connectivity index (χ3v) is 4.10. The Labute approximate surface area is 166 Å². The summed E-state index contributed by atoms with van der Waals surface area (Å²) >= 11 is 0. The summed E-state index contributed by atoms with van der Waals surface area (Å²) in [6, 6.07) is 0. The highest BCUT2D eigenvalue weighted by Gasteiger charge is 2.28. The first-order valence-electron chi connectivity index (χ1n) is 8.64. The van der Waals surface area contributed by atoms with Crippen molar-refractivity contribution >= 4 is 29.9 Å². The Morgan fingerprint density at radius 2 is 1.84 bits per heavy atom. The first-order valence-corrected chi connectivity index (χ1v) is 8.64. The number of aliphatic imine (C=N–C) groups is 1. The second kappa shape index (κ2) is 13.0. The Hall–Kier alpha value is -0.290. The fourth-order valence-electron chi connectivity index (χ4n) is 2.70. The lowest BCUT2D eigenvalue weighted by Crippen LogP contribution is -2.41. The van der Waals surface area contributed by atoms with E-state index in [1.165, 1.54) is 11.9 Å². The average Bonchev–Trinajstić information content (AvgIpc) is 2.51. The second-order valence-corrected chi connectivity index (χ2v) is 6.35. The Morgan fingerprint density at radius 1 is 1.20 bits per heavy atom. The number of nitrogens with one attached hydrogen (secondary N) is 1. The van der Waals surface area contributed by atoms with Gasteiger partial charge in [0, 0.05) is 39.9 Å². The normalized spacial score (nSPS) is 16.7. The third-order valence-electron chi connectivity index (χ3n) is 4.10. The molecule has 1 fully saturated rings. The highest BCUT2D eigenvalue weighted by atomic mass is 127. The van der Waals surface area contributed by atoms with Crippen molar-refractivity contribution in [1.29, 1.82) is 0 Å². The summed E-state index contributed by atoms with van der Waals surface area (Å²) in [7, 11) is 3.44. The van der Waals surface area contributed by atoms with E-state index < -0.39 is 12.7 Å². The van der Waals surface area contributed by atoms with Crippen molar-refractivity contribution in [2.24, 2.45) is 10.9 Å². The van der Waals surface area contributed by atoms with Crippen molar-refractivity contribution in [1.82, 2.24) is 15.1 Å². The zero-order valence-corrected chi connectivity index (χ0v) is 17.8. The average molecular weight is 480 g/mol. The standard InChI is InChI=1S/C16H31F3N4O.HI/c1-4-20-15(21-8-10-22(2)13-16(17,18)19)23(3)9-5-14-6-11-24-12-7-14;/h14H,4-13H2,1-3H3,(H,20,21);1H. The minimum absolute atomic E-state index is 0. The van der Waals surface area contributed by atoms with Gasteiger partial charge in [-0.1, -0.05) is 0 Å². The lowest BCUT2D eigenvalue weighted by Gasteiger charge is -2.27. The molecule has 0 amide bonds. The molecule has 5 nitrogen and oxygen atoms in total. The van der Waals surface area contributed by atoms with E-state index in [-0.39, 0.29) is 30.5 Å². The van der Waals surface area contributed by atoms with Crippen LogP contribution in [0.4, 0.5) is 13.2 Å². The maximum absolute atomic E-state index is 12.3. The van der Waals surface area contributed by atoms with Crippen LogP contribution in [0.15, 0.2) is 4.99 Å². The molecular formula is C16H32F3IN4O. The van der Waals surface area contributed by atoms with Gasteiger partial charge in [0.25, 0.3) is 0 Å². The Bertz CT molecular complexity index is 377. The molecule has 0 unspecified atom stereocenters. The Balaban J connectivity index is 0.00000576. The van der Waals surface area contributed by atoms with E-state index in [9.17, 15) is 13.2 Å².